The van der Waals surface area contributed by atoms with Crippen molar-refractivity contribution in [1.29, 1.82) is 0 Å². The molecule has 1 aromatic carbocycles. The Hall–Kier alpha value is -2.84. The summed E-state index contributed by atoms with van der Waals surface area (Å²) in [7, 11) is 2.15. The zero-order chi connectivity index (χ0) is 26.1. The second kappa shape index (κ2) is 10.9. The third kappa shape index (κ3) is 5.27. The van der Waals surface area contributed by atoms with Crippen molar-refractivity contribution < 1.29 is 9.53 Å². The molecule has 2 saturated heterocycles. The normalized spacial score (nSPS) is 22.2. The molecule has 1 amide bonds. The van der Waals surface area contributed by atoms with Crippen molar-refractivity contribution in [2.24, 2.45) is 0 Å². The van der Waals surface area contributed by atoms with Crippen LogP contribution in [0.3, 0.4) is 0 Å². The van der Waals surface area contributed by atoms with E-state index in [9.17, 15) is 4.79 Å². The quantitative estimate of drug-likeness (QED) is 0.534. The first-order chi connectivity index (χ1) is 17.9. The van der Waals surface area contributed by atoms with Gasteiger partial charge < -0.3 is 24.3 Å². The lowest BCUT2D eigenvalue weighted by Crippen LogP contribution is -2.54. The molecule has 2 atom stereocenters. The number of nitrogens with zero attached hydrogens (tertiary/aromatic N) is 6. The third-order valence-corrected chi connectivity index (χ3v) is 8.47. The molecule has 37 heavy (non-hydrogen) atoms. The molecule has 198 valence electrons. The van der Waals surface area contributed by atoms with E-state index in [1.807, 2.05) is 17.0 Å². The van der Waals surface area contributed by atoms with Gasteiger partial charge in [-0.15, -0.1) is 0 Å². The standard InChI is InChI=1S/C28H37ClN6O2/c1-5-26(36)35-15-14-34(16-19(35)2)27-22-11-13-33(25-10-6-9-23(29)20(25)3)17-24(22)30-28(31-27)37-18-21-8-7-12-32(21)4/h5-6,9-10,19,21H,1,7-8,11-18H2,2-4H3/t19-,21-/m0/s1. The van der Waals surface area contributed by atoms with E-state index in [2.05, 4.69) is 48.2 Å². The number of likely N-dealkylation sites (N-methyl/N-ethyl adjacent to an activating group) is 1. The van der Waals surface area contributed by atoms with Crippen LogP contribution in [0.5, 0.6) is 6.01 Å². The monoisotopic (exact) mass is 524 g/mol. The van der Waals surface area contributed by atoms with Crippen LogP contribution in [0.15, 0.2) is 30.9 Å². The summed E-state index contributed by atoms with van der Waals surface area (Å²) in [5.74, 6) is 0.925. The van der Waals surface area contributed by atoms with Gasteiger partial charge in [0.05, 0.1) is 12.2 Å². The third-order valence-electron chi connectivity index (χ3n) is 8.06. The summed E-state index contributed by atoms with van der Waals surface area (Å²) in [6.07, 6.45) is 4.56. The molecule has 0 unspecified atom stereocenters. The molecular formula is C28H37ClN6O2. The molecule has 0 spiro atoms. The lowest BCUT2D eigenvalue weighted by molar-refractivity contribution is -0.128. The van der Waals surface area contributed by atoms with E-state index >= 15 is 0 Å². The van der Waals surface area contributed by atoms with Gasteiger partial charge in [-0.25, -0.2) is 0 Å². The first-order valence-electron chi connectivity index (χ1n) is 13.3. The molecule has 0 saturated carbocycles. The van der Waals surface area contributed by atoms with Crippen LogP contribution in [0.1, 0.15) is 36.6 Å². The Morgan fingerprint density at radius 2 is 2.05 bits per heavy atom. The summed E-state index contributed by atoms with van der Waals surface area (Å²) >= 11 is 6.44. The van der Waals surface area contributed by atoms with Crippen LogP contribution < -0.4 is 14.5 Å². The Balaban J connectivity index is 1.44. The van der Waals surface area contributed by atoms with E-state index in [0.717, 1.165) is 60.3 Å². The first kappa shape index (κ1) is 25.8. The number of carbonyl (C=O) groups is 1. The Labute approximate surface area is 224 Å². The lowest BCUT2D eigenvalue weighted by Gasteiger charge is -2.41. The molecule has 8 nitrogen and oxygen atoms in total. The summed E-state index contributed by atoms with van der Waals surface area (Å²) in [5, 5.41) is 0.775. The molecule has 0 radical (unpaired) electrons. The van der Waals surface area contributed by atoms with Gasteiger partial charge in [0.2, 0.25) is 5.91 Å². The molecular weight excluding hydrogens is 488 g/mol. The van der Waals surface area contributed by atoms with Crippen molar-refractivity contribution in [1.82, 2.24) is 19.8 Å². The van der Waals surface area contributed by atoms with Crippen molar-refractivity contribution in [2.75, 3.05) is 56.2 Å². The molecule has 2 fully saturated rings. The van der Waals surface area contributed by atoms with Crippen LogP contribution in [0.25, 0.3) is 0 Å². The van der Waals surface area contributed by atoms with Crippen LogP contribution >= 0.6 is 11.6 Å². The van der Waals surface area contributed by atoms with Crippen molar-refractivity contribution in [3.05, 3.63) is 52.7 Å². The number of likely N-dealkylation sites (tertiary alicyclic amines) is 1. The number of benzene rings is 1. The average molecular weight is 525 g/mol. The Bertz CT molecular complexity index is 1170. The molecule has 4 heterocycles. The van der Waals surface area contributed by atoms with Crippen LogP contribution in [0.4, 0.5) is 11.5 Å². The molecule has 5 rings (SSSR count). The fraction of sp³-hybridized carbons (Fsp3) is 0.536. The fourth-order valence-corrected chi connectivity index (χ4v) is 5.98. The van der Waals surface area contributed by atoms with Crippen LogP contribution in [-0.2, 0) is 17.8 Å². The van der Waals surface area contributed by atoms with Gasteiger partial charge in [0.15, 0.2) is 0 Å². The molecule has 0 bridgehead atoms. The van der Waals surface area contributed by atoms with Crippen LogP contribution in [0, 0.1) is 6.92 Å². The summed E-state index contributed by atoms with van der Waals surface area (Å²) in [6, 6.07) is 6.96. The van der Waals surface area contributed by atoms with E-state index in [1.165, 1.54) is 18.1 Å². The van der Waals surface area contributed by atoms with Gasteiger partial charge in [-0.3, -0.25) is 4.79 Å². The zero-order valence-electron chi connectivity index (χ0n) is 22.1. The van der Waals surface area contributed by atoms with Crippen LogP contribution in [-0.4, -0.2) is 84.1 Å². The van der Waals surface area contributed by atoms with Crippen molar-refractivity contribution in [3.63, 3.8) is 0 Å². The van der Waals surface area contributed by atoms with Gasteiger partial charge in [-0.05, 0) is 70.5 Å². The summed E-state index contributed by atoms with van der Waals surface area (Å²) < 4.78 is 6.24. The van der Waals surface area contributed by atoms with E-state index in [-0.39, 0.29) is 11.9 Å². The molecule has 3 aliphatic rings. The van der Waals surface area contributed by atoms with Gasteiger partial charge in [0.25, 0.3) is 0 Å². The number of anilines is 2. The Morgan fingerprint density at radius 3 is 2.78 bits per heavy atom. The summed E-state index contributed by atoms with van der Waals surface area (Å²) in [4.78, 5) is 31.1. The maximum atomic E-state index is 12.3. The molecule has 2 aromatic rings. The highest BCUT2D eigenvalue weighted by Crippen LogP contribution is 2.34. The average Bonchev–Trinajstić information content (AvgIpc) is 3.32. The minimum absolute atomic E-state index is 0.0193. The number of hydrogen-bond acceptors (Lipinski definition) is 7. The van der Waals surface area contributed by atoms with Gasteiger partial charge in [0.1, 0.15) is 12.4 Å². The van der Waals surface area contributed by atoms with E-state index in [0.29, 0.717) is 38.3 Å². The number of hydrogen-bond donors (Lipinski definition) is 0. The van der Waals surface area contributed by atoms with Crippen molar-refractivity contribution in [3.8, 4) is 6.01 Å². The van der Waals surface area contributed by atoms with Crippen LogP contribution in [0.2, 0.25) is 5.02 Å². The molecule has 0 N–H and O–H groups in total. The number of carbonyl (C=O) groups excluding carboxylic acids is 1. The molecule has 1 aromatic heterocycles. The Morgan fingerprint density at radius 1 is 1.22 bits per heavy atom. The lowest BCUT2D eigenvalue weighted by atomic mass is 10.0. The fourth-order valence-electron chi connectivity index (χ4n) is 5.81. The number of ether oxygens (including phenoxy) is 1. The SMILES string of the molecule is C=CC(=O)N1CCN(c2nc(OC[C@@H]3CCCN3C)nc3c2CCN(c2cccc(Cl)c2C)C3)C[C@@H]1C. The summed E-state index contributed by atoms with van der Waals surface area (Å²) in [5.41, 5.74) is 4.40. The number of amides is 1. The second-order valence-corrected chi connectivity index (χ2v) is 10.8. The number of fused-ring (bicyclic) bond motifs is 1. The summed E-state index contributed by atoms with van der Waals surface area (Å²) in [6.45, 7) is 13.1. The smallest absolute Gasteiger partial charge is 0.318 e. The van der Waals surface area contributed by atoms with Crippen molar-refractivity contribution in [2.45, 2.75) is 51.7 Å². The minimum Gasteiger partial charge on any atom is -0.462 e. The second-order valence-electron chi connectivity index (χ2n) is 10.4. The number of piperazine rings is 1. The predicted molar refractivity (Wildman–Crippen MR) is 148 cm³/mol. The van der Waals surface area contributed by atoms with Gasteiger partial charge >= 0.3 is 6.01 Å². The highest BCUT2D eigenvalue weighted by atomic mass is 35.5. The first-order valence-corrected chi connectivity index (χ1v) is 13.6. The number of halogens is 1. The van der Waals surface area contributed by atoms with Gasteiger partial charge in [-0.2, -0.15) is 9.97 Å². The molecule has 0 aliphatic carbocycles. The minimum atomic E-state index is -0.0193. The van der Waals surface area contributed by atoms with Crippen molar-refractivity contribution >= 4 is 29.0 Å². The van der Waals surface area contributed by atoms with Gasteiger partial charge in [-0.1, -0.05) is 24.2 Å². The largest absolute Gasteiger partial charge is 0.462 e. The van der Waals surface area contributed by atoms with E-state index < -0.39 is 0 Å². The topological polar surface area (TPSA) is 65.0 Å². The zero-order valence-corrected chi connectivity index (χ0v) is 22.9. The maximum absolute atomic E-state index is 12.3. The van der Waals surface area contributed by atoms with E-state index in [1.54, 1.807) is 0 Å². The molecule has 9 heteroatoms. The van der Waals surface area contributed by atoms with E-state index in [4.69, 9.17) is 26.3 Å². The highest BCUT2D eigenvalue weighted by molar-refractivity contribution is 6.31. The predicted octanol–water partition coefficient (Wildman–Crippen LogP) is 3.70. The number of aromatic nitrogens is 2. The van der Waals surface area contributed by atoms with Gasteiger partial charge in [0, 0.05) is 54.5 Å². The molecule has 3 aliphatic heterocycles. The Kier molecular flexibility index (Phi) is 7.58. The highest BCUT2D eigenvalue weighted by Gasteiger charge is 2.32. The number of rotatable bonds is 6. The maximum Gasteiger partial charge on any atom is 0.318 e.